The molecule has 2 aliphatic carbocycles. The van der Waals surface area contributed by atoms with Crippen LogP contribution in [-0.2, 0) is 33.6 Å². The molecule has 0 bridgehead atoms. The maximum absolute atomic E-state index is 14.5. The Hall–Kier alpha value is -4.39. The van der Waals surface area contributed by atoms with Crippen LogP contribution in [0.3, 0.4) is 0 Å². The number of likely N-dealkylation sites (tertiary alicyclic amines) is 1. The number of ether oxygens (including phenoxy) is 3. The standard InChI is InChI=1S/C37H50F3N5O10S/c1-9-22-12-14-36(22,31(48)44-56(50,51)55-35(7)15-16-35)43-28(46)26-19-24(53-29-25-11-10-23(52-8)18-21(25)13-17-41-29)20-45(26)30(47)27(33(2,3)4)42-32(49)54-34(5,6)37(38,39)40/h10-11,13,17-18,22,24,26-27H,9,12,14-16,19-20H2,1-8H3,(H,42,49)(H,43,46)(H,44,48)/t22?,24-,26+,27-,36-/m1/s1. The third kappa shape index (κ3) is 9.08. The monoisotopic (exact) mass is 813 g/mol. The lowest BCUT2D eigenvalue weighted by Gasteiger charge is -2.48. The predicted octanol–water partition coefficient (Wildman–Crippen LogP) is 4.68. The van der Waals surface area contributed by atoms with Crippen LogP contribution in [0.4, 0.5) is 18.0 Å². The summed E-state index contributed by atoms with van der Waals surface area (Å²) in [5.74, 6) is -2.34. The molecular formula is C37H50F3N5O10S. The van der Waals surface area contributed by atoms with Crippen molar-refractivity contribution in [2.75, 3.05) is 13.7 Å². The zero-order valence-electron chi connectivity index (χ0n) is 32.7. The van der Waals surface area contributed by atoms with Gasteiger partial charge in [0.2, 0.25) is 23.3 Å². The van der Waals surface area contributed by atoms with Gasteiger partial charge in [0.1, 0.15) is 29.5 Å². The van der Waals surface area contributed by atoms with E-state index in [1.807, 2.05) is 4.72 Å². The topological polar surface area (TPSA) is 192 Å². The van der Waals surface area contributed by atoms with Gasteiger partial charge in [-0.25, -0.2) is 18.7 Å². The normalized spacial score (nSPS) is 24.1. The lowest BCUT2D eigenvalue weighted by Crippen LogP contribution is -2.70. The number of pyridine rings is 1. The van der Waals surface area contributed by atoms with Crippen molar-refractivity contribution >= 4 is 44.9 Å². The quantitative estimate of drug-likeness (QED) is 0.255. The molecule has 310 valence electrons. The van der Waals surface area contributed by atoms with Gasteiger partial charge in [0.25, 0.3) is 5.91 Å². The van der Waals surface area contributed by atoms with Gasteiger partial charge in [0.05, 0.1) is 19.3 Å². The fourth-order valence-corrected chi connectivity index (χ4v) is 8.04. The van der Waals surface area contributed by atoms with Crippen molar-refractivity contribution in [3.8, 4) is 11.6 Å². The molecule has 5 rings (SSSR count). The van der Waals surface area contributed by atoms with Gasteiger partial charge in [-0.05, 0) is 87.4 Å². The van der Waals surface area contributed by atoms with Gasteiger partial charge in [0, 0.05) is 18.0 Å². The molecule has 19 heteroatoms. The number of alkyl halides is 3. The smallest absolute Gasteiger partial charge is 0.427 e. The number of nitrogens with zero attached hydrogens (tertiary/aromatic N) is 2. The van der Waals surface area contributed by atoms with Gasteiger partial charge in [-0.1, -0.05) is 34.1 Å². The average Bonchev–Trinajstić information content (AvgIpc) is 3.63. The van der Waals surface area contributed by atoms with E-state index in [-0.39, 0.29) is 25.3 Å². The number of halogens is 3. The third-order valence-corrected chi connectivity index (χ3v) is 11.8. The summed E-state index contributed by atoms with van der Waals surface area (Å²) < 4.78 is 90.0. The highest BCUT2D eigenvalue weighted by molar-refractivity contribution is 7.85. The molecule has 1 saturated heterocycles. The summed E-state index contributed by atoms with van der Waals surface area (Å²) >= 11 is 0. The van der Waals surface area contributed by atoms with Crippen LogP contribution >= 0.6 is 0 Å². The number of hydrogen-bond donors (Lipinski definition) is 3. The number of carbonyl (C=O) groups excluding carboxylic acids is 4. The molecule has 1 aromatic heterocycles. The van der Waals surface area contributed by atoms with Crippen LogP contribution in [0.5, 0.6) is 11.6 Å². The van der Waals surface area contributed by atoms with Crippen molar-refractivity contribution in [2.45, 2.75) is 128 Å². The summed E-state index contributed by atoms with van der Waals surface area (Å²) in [6.45, 7) is 9.19. The molecule has 3 aliphatic rings. The number of aromatic nitrogens is 1. The van der Waals surface area contributed by atoms with Crippen LogP contribution in [0.15, 0.2) is 30.5 Å². The molecule has 56 heavy (non-hydrogen) atoms. The molecule has 4 amide bonds. The summed E-state index contributed by atoms with van der Waals surface area (Å²) in [6, 6.07) is 4.10. The van der Waals surface area contributed by atoms with E-state index >= 15 is 0 Å². The number of alkyl carbamates (subject to hydrolysis) is 1. The number of carbonyl (C=O) groups is 4. The molecule has 15 nitrogen and oxygen atoms in total. The maximum atomic E-state index is 14.5. The Morgan fingerprint density at radius 3 is 2.29 bits per heavy atom. The molecule has 0 radical (unpaired) electrons. The maximum Gasteiger partial charge on any atom is 0.427 e. The Kier molecular flexibility index (Phi) is 11.6. The molecule has 5 atom stereocenters. The number of hydrogen-bond acceptors (Lipinski definition) is 11. The first-order chi connectivity index (χ1) is 25.8. The first-order valence-corrected chi connectivity index (χ1v) is 19.8. The Morgan fingerprint density at radius 2 is 1.73 bits per heavy atom. The Balaban J connectivity index is 1.46. The number of benzene rings is 1. The van der Waals surface area contributed by atoms with E-state index in [0.29, 0.717) is 50.7 Å². The van der Waals surface area contributed by atoms with E-state index < -0.39 is 86.6 Å². The lowest BCUT2D eigenvalue weighted by molar-refractivity contribution is -0.244. The number of nitrogens with one attached hydrogen (secondary N) is 3. The van der Waals surface area contributed by atoms with Crippen LogP contribution in [0.2, 0.25) is 0 Å². The molecule has 3 N–H and O–H groups in total. The minimum atomic E-state index is -4.92. The van der Waals surface area contributed by atoms with Crippen LogP contribution in [0.1, 0.15) is 87.0 Å². The van der Waals surface area contributed by atoms with E-state index in [1.54, 1.807) is 58.9 Å². The molecule has 1 aliphatic heterocycles. The summed E-state index contributed by atoms with van der Waals surface area (Å²) in [7, 11) is -3.03. The van der Waals surface area contributed by atoms with Gasteiger partial charge in [-0.3, -0.25) is 14.4 Å². The second kappa shape index (κ2) is 15.2. The summed E-state index contributed by atoms with van der Waals surface area (Å²) in [5, 5.41) is 6.37. The van der Waals surface area contributed by atoms with Crippen molar-refractivity contribution in [1.29, 1.82) is 0 Å². The molecule has 1 unspecified atom stereocenters. The first-order valence-electron chi connectivity index (χ1n) is 18.4. The van der Waals surface area contributed by atoms with E-state index in [1.165, 1.54) is 13.3 Å². The molecule has 2 heterocycles. The SMILES string of the molecule is CCC1CC[C@]1(NC(=O)[C@@H]1C[C@@H](Oc2nccc3cc(OC)ccc23)CN1C(=O)[C@@H](NC(=O)OC(C)(C)C(F)(F)F)C(C)(C)C)C(=O)NS(=O)(=O)OC1(C)CC1. The highest BCUT2D eigenvalue weighted by atomic mass is 32.2. The zero-order valence-corrected chi connectivity index (χ0v) is 33.5. The second-order valence-electron chi connectivity index (χ2n) is 16.5. The van der Waals surface area contributed by atoms with Gasteiger partial charge in [-0.2, -0.15) is 21.6 Å². The molecule has 3 fully saturated rings. The van der Waals surface area contributed by atoms with E-state index in [2.05, 4.69) is 15.6 Å². The predicted molar refractivity (Wildman–Crippen MR) is 195 cm³/mol. The van der Waals surface area contributed by atoms with Crippen molar-refractivity contribution in [3.63, 3.8) is 0 Å². The summed E-state index contributed by atoms with van der Waals surface area (Å²) in [4.78, 5) is 61.1. The lowest BCUT2D eigenvalue weighted by atomic mass is 9.64. The Morgan fingerprint density at radius 1 is 1.05 bits per heavy atom. The number of methoxy groups -OCH3 is 1. The minimum absolute atomic E-state index is 0.0901. The Bertz CT molecular complexity index is 1970. The van der Waals surface area contributed by atoms with Gasteiger partial charge >= 0.3 is 22.6 Å². The van der Waals surface area contributed by atoms with E-state index in [0.717, 1.165) is 10.3 Å². The first kappa shape index (κ1) is 42.7. The fourth-order valence-electron chi connectivity index (χ4n) is 6.90. The average molecular weight is 814 g/mol. The number of rotatable bonds is 13. The van der Waals surface area contributed by atoms with Crippen molar-refractivity contribution < 1.29 is 59.2 Å². The van der Waals surface area contributed by atoms with Gasteiger partial charge < -0.3 is 29.7 Å². The minimum Gasteiger partial charge on any atom is -0.497 e. The highest BCUT2D eigenvalue weighted by Gasteiger charge is 2.57. The molecule has 0 spiro atoms. The molecular weight excluding hydrogens is 763 g/mol. The van der Waals surface area contributed by atoms with Crippen LogP contribution < -0.4 is 24.8 Å². The highest BCUT2D eigenvalue weighted by Crippen LogP contribution is 2.43. The van der Waals surface area contributed by atoms with Gasteiger partial charge in [-0.15, -0.1) is 0 Å². The van der Waals surface area contributed by atoms with Crippen LogP contribution in [-0.4, -0.2) is 96.9 Å². The van der Waals surface area contributed by atoms with Crippen molar-refractivity contribution in [3.05, 3.63) is 30.5 Å². The fraction of sp³-hybridized carbons (Fsp3) is 0.649. The number of amides is 4. The molecule has 2 saturated carbocycles. The Labute approximate surface area is 324 Å². The van der Waals surface area contributed by atoms with Crippen LogP contribution in [0.25, 0.3) is 10.8 Å². The van der Waals surface area contributed by atoms with E-state index in [9.17, 15) is 40.8 Å². The van der Waals surface area contributed by atoms with Gasteiger partial charge in [0.15, 0.2) is 0 Å². The largest absolute Gasteiger partial charge is 0.497 e. The molecule has 1 aromatic carbocycles. The summed E-state index contributed by atoms with van der Waals surface area (Å²) in [6.07, 6.45) is -3.98. The van der Waals surface area contributed by atoms with Crippen molar-refractivity contribution in [1.82, 2.24) is 25.2 Å². The number of fused-ring (bicyclic) bond motifs is 1. The zero-order chi connectivity index (χ0) is 41.6. The third-order valence-electron chi connectivity index (χ3n) is 10.8. The summed E-state index contributed by atoms with van der Waals surface area (Å²) in [5.41, 5.74) is -6.62. The second-order valence-corrected chi connectivity index (χ2v) is 17.8. The molecule has 2 aromatic rings. The van der Waals surface area contributed by atoms with Crippen molar-refractivity contribution in [2.24, 2.45) is 11.3 Å². The van der Waals surface area contributed by atoms with E-state index in [4.69, 9.17) is 18.4 Å². The van der Waals surface area contributed by atoms with Crippen LogP contribution in [0, 0.1) is 11.3 Å².